The van der Waals surface area contributed by atoms with E-state index in [2.05, 4.69) is 19.1 Å². The third-order valence-corrected chi connectivity index (χ3v) is 3.50. The van der Waals surface area contributed by atoms with Gasteiger partial charge in [0.1, 0.15) is 0 Å². The van der Waals surface area contributed by atoms with Crippen molar-refractivity contribution < 1.29 is 4.79 Å². The van der Waals surface area contributed by atoms with Gasteiger partial charge < -0.3 is 10.6 Å². The number of nitrogens with two attached hydrogens (primary N) is 1. The summed E-state index contributed by atoms with van der Waals surface area (Å²) in [6.45, 7) is 2.12. The molecular formula is C15H20N2O. The number of hydrogen-bond donors (Lipinski definition) is 1. The van der Waals surface area contributed by atoms with E-state index in [-0.39, 0.29) is 17.9 Å². The number of aryl methyl sites for hydroxylation is 1. The van der Waals surface area contributed by atoms with Gasteiger partial charge in [0.2, 0.25) is 5.91 Å². The van der Waals surface area contributed by atoms with Crippen molar-refractivity contribution >= 4 is 11.6 Å². The van der Waals surface area contributed by atoms with Crippen molar-refractivity contribution in [3.8, 4) is 0 Å². The van der Waals surface area contributed by atoms with Crippen LogP contribution in [0.25, 0.3) is 0 Å². The maximum absolute atomic E-state index is 12.3. The molecule has 1 aromatic carbocycles. The highest BCUT2D eigenvalue weighted by atomic mass is 16.2. The summed E-state index contributed by atoms with van der Waals surface area (Å²) < 4.78 is 0. The standard InChI is InChI=1S/C15H20N2O/c1-3-11-4-8-14(9-5-11)17(2)15(18)12-6-7-13(16)10-12/h4-9,12-13H,3,10,16H2,1-2H3. The Morgan fingerprint density at radius 2 is 2.00 bits per heavy atom. The number of carbonyl (C=O) groups is 1. The lowest BCUT2D eigenvalue weighted by molar-refractivity contribution is -0.120. The third-order valence-electron chi connectivity index (χ3n) is 3.50. The van der Waals surface area contributed by atoms with E-state index in [1.807, 2.05) is 31.3 Å². The second-order valence-electron chi connectivity index (χ2n) is 4.81. The van der Waals surface area contributed by atoms with Crippen LogP contribution in [0.5, 0.6) is 0 Å². The number of rotatable bonds is 3. The Balaban J connectivity index is 2.08. The molecule has 0 heterocycles. The molecule has 1 aromatic rings. The molecule has 2 unspecified atom stereocenters. The highest BCUT2D eigenvalue weighted by molar-refractivity contribution is 5.95. The van der Waals surface area contributed by atoms with Crippen molar-refractivity contribution in [2.45, 2.75) is 25.8 Å². The molecule has 0 aromatic heterocycles. The van der Waals surface area contributed by atoms with Gasteiger partial charge in [-0.15, -0.1) is 0 Å². The molecule has 1 aliphatic rings. The predicted molar refractivity (Wildman–Crippen MR) is 74.5 cm³/mol. The van der Waals surface area contributed by atoms with Crippen LogP contribution < -0.4 is 10.6 Å². The first-order valence-electron chi connectivity index (χ1n) is 6.42. The molecule has 0 aliphatic heterocycles. The number of benzene rings is 1. The van der Waals surface area contributed by atoms with E-state index in [4.69, 9.17) is 5.73 Å². The molecule has 0 saturated heterocycles. The molecule has 0 saturated carbocycles. The lowest BCUT2D eigenvalue weighted by atomic mass is 10.1. The Kier molecular flexibility index (Phi) is 3.82. The first-order valence-corrected chi connectivity index (χ1v) is 6.42. The quantitative estimate of drug-likeness (QED) is 0.828. The van der Waals surface area contributed by atoms with E-state index in [1.165, 1.54) is 5.56 Å². The minimum absolute atomic E-state index is 0.0230. The second kappa shape index (κ2) is 5.36. The summed E-state index contributed by atoms with van der Waals surface area (Å²) in [4.78, 5) is 14.0. The smallest absolute Gasteiger partial charge is 0.233 e. The van der Waals surface area contributed by atoms with Crippen molar-refractivity contribution in [3.63, 3.8) is 0 Å². The van der Waals surface area contributed by atoms with Gasteiger partial charge in [0.25, 0.3) is 0 Å². The van der Waals surface area contributed by atoms with Gasteiger partial charge in [0.05, 0.1) is 5.92 Å². The maximum Gasteiger partial charge on any atom is 0.233 e. The summed E-state index contributed by atoms with van der Waals surface area (Å²) in [6.07, 6.45) is 5.56. The SMILES string of the molecule is CCc1ccc(N(C)C(=O)C2C=CC(N)C2)cc1. The fourth-order valence-electron chi connectivity index (χ4n) is 2.24. The summed E-state index contributed by atoms with van der Waals surface area (Å²) in [5.74, 6) is 0.0410. The van der Waals surface area contributed by atoms with E-state index >= 15 is 0 Å². The highest BCUT2D eigenvalue weighted by Crippen LogP contribution is 2.22. The third kappa shape index (κ3) is 2.62. The van der Waals surface area contributed by atoms with Crippen LogP contribution in [0, 0.1) is 5.92 Å². The first kappa shape index (κ1) is 12.8. The van der Waals surface area contributed by atoms with Crippen molar-refractivity contribution in [2.24, 2.45) is 11.7 Å². The number of nitrogens with zero attached hydrogens (tertiary/aromatic N) is 1. The Hall–Kier alpha value is -1.61. The van der Waals surface area contributed by atoms with Gasteiger partial charge in [0, 0.05) is 18.8 Å². The molecule has 0 fully saturated rings. The highest BCUT2D eigenvalue weighted by Gasteiger charge is 2.25. The van der Waals surface area contributed by atoms with Gasteiger partial charge >= 0.3 is 0 Å². The maximum atomic E-state index is 12.3. The van der Waals surface area contributed by atoms with Gasteiger partial charge in [-0.05, 0) is 30.5 Å². The lowest BCUT2D eigenvalue weighted by Gasteiger charge is -2.21. The van der Waals surface area contributed by atoms with Crippen LogP contribution in [-0.4, -0.2) is 19.0 Å². The zero-order valence-corrected chi connectivity index (χ0v) is 11.0. The average molecular weight is 244 g/mol. The molecule has 0 bridgehead atoms. The van der Waals surface area contributed by atoms with Crippen LogP contribution in [0.2, 0.25) is 0 Å². The van der Waals surface area contributed by atoms with Gasteiger partial charge in [-0.2, -0.15) is 0 Å². The topological polar surface area (TPSA) is 46.3 Å². The van der Waals surface area contributed by atoms with Crippen molar-refractivity contribution in [3.05, 3.63) is 42.0 Å². The molecule has 0 radical (unpaired) electrons. The molecule has 2 atom stereocenters. The van der Waals surface area contributed by atoms with E-state index in [9.17, 15) is 4.79 Å². The van der Waals surface area contributed by atoms with Crippen molar-refractivity contribution in [1.82, 2.24) is 0 Å². The monoisotopic (exact) mass is 244 g/mol. The molecule has 1 amide bonds. The van der Waals surface area contributed by atoms with E-state index in [0.717, 1.165) is 18.5 Å². The Morgan fingerprint density at radius 1 is 1.33 bits per heavy atom. The molecule has 3 heteroatoms. The van der Waals surface area contributed by atoms with Gasteiger partial charge in [0.15, 0.2) is 0 Å². The fraction of sp³-hybridized carbons (Fsp3) is 0.400. The number of carbonyl (C=O) groups excluding carboxylic acids is 1. The lowest BCUT2D eigenvalue weighted by Crippen LogP contribution is -2.32. The largest absolute Gasteiger partial charge is 0.324 e. The van der Waals surface area contributed by atoms with Gasteiger partial charge in [-0.1, -0.05) is 31.2 Å². The van der Waals surface area contributed by atoms with Crippen LogP contribution in [0.1, 0.15) is 18.9 Å². The number of amides is 1. The van der Waals surface area contributed by atoms with E-state index < -0.39 is 0 Å². The zero-order valence-electron chi connectivity index (χ0n) is 11.0. The molecule has 18 heavy (non-hydrogen) atoms. The summed E-state index contributed by atoms with van der Waals surface area (Å²) in [5, 5.41) is 0. The Morgan fingerprint density at radius 3 is 2.50 bits per heavy atom. The van der Waals surface area contributed by atoms with Crippen molar-refractivity contribution in [2.75, 3.05) is 11.9 Å². The molecule has 2 N–H and O–H groups in total. The van der Waals surface area contributed by atoms with E-state index in [1.54, 1.807) is 4.90 Å². The Labute approximate surface area is 108 Å². The molecule has 0 spiro atoms. The molecule has 1 aliphatic carbocycles. The summed E-state index contributed by atoms with van der Waals surface area (Å²) in [5.41, 5.74) is 8.00. The zero-order chi connectivity index (χ0) is 13.1. The van der Waals surface area contributed by atoms with Crippen LogP contribution in [-0.2, 0) is 11.2 Å². The second-order valence-corrected chi connectivity index (χ2v) is 4.81. The average Bonchev–Trinajstić information content (AvgIpc) is 2.84. The first-order chi connectivity index (χ1) is 8.61. The van der Waals surface area contributed by atoms with Crippen LogP contribution >= 0.6 is 0 Å². The Bertz CT molecular complexity index is 450. The molecule has 2 rings (SSSR count). The normalized spacial score (nSPS) is 22.2. The van der Waals surface area contributed by atoms with Gasteiger partial charge in [-0.25, -0.2) is 0 Å². The summed E-state index contributed by atoms with van der Waals surface area (Å²) in [7, 11) is 1.82. The predicted octanol–water partition coefficient (Wildman–Crippen LogP) is 2.12. The number of anilines is 1. The van der Waals surface area contributed by atoms with Crippen LogP contribution in [0.3, 0.4) is 0 Å². The molecule has 3 nitrogen and oxygen atoms in total. The summed E-state index contributed by atoms with van der Waals surface area (Å²) in [6, 6.07) is 8.14. The molecular weight excluding hydrogens is 224 g/mol. The van der Waals surface area contributed by atoms with E-state index in [0.29, 0.717) is 0 Å². The minimum atomic E-state index is -0.0733. The fourth-order valence-corrected chi connectivity index (χ4v) is 2.24. The van der Waals surface area contributed by atoms with Crippen LogP contribution in [0.15, 0.2) is 36.4 Å². The molecule has 96 valence electrons. The van der Waals surface area contributed by atoms with Crippen LogP contribution in [0.4, 0.5) is 5.69 Å². The summed E-state index contributed by atoms with van der Waals surface area (Å²) >= 11 is 0. The van der Waals surface area contributed by atoms with Crippen molar-refractivity contribution in [1.29, 1.82) is 0 Å². The van der Waals surface area contributed by atoms with Gasteiger partial charge in [-0.3, -0.25) is 4.79 Å². The minimum Gasteiger partial charge on any atom is -0.324 e. The number of hydrogen-bond acceptors (Lipinski definition) is 2.